The Bertz CT molecular complexity index is 919. The molecular weight excluding hydrogens is 350 g/mol. The van der Waals surface area contributed by atoms with E-state index in [2.05, 4.69) is 26.5 Å². The highest BCUT2D eigenvalue weighted by Crippen LogP contribution is 2.26. The van der Waals surface area contributed by atoms with Gasteiger partial charge in [-0.15, -0.1) is 10.2 Å². The van der Waals surface area contributed by atoms with Crippen molar-refractivity contribution < 1.29 is 4.79 Å². The van der Waals surface area contributed by atoms with Crippen LogP contribution < -0.4 is 5.32 Å². The maximum atomic E-state index is 12.6. The number of nitrogens with zero attached hydrogens (tertiary/aromatic N) is 4. The summed E-state index contributed by atoms with van der Waals surface area (Å²) in [6, 6.07) is 11.6. The van der Waals surface area contributed by atoms with Crippen molar-refractivity contribution in [3.05, 3.63) is 65.1 Å². The lowest BCUT2D eigenvalue weighted by molar-refractivity contribution is 0.0937. The van der Waals surface area contributed by atoms with Gasteiger partial charge in [-0.3, -0.25) is 14.1 Å². The van der Waals surface area contributed by atoms with E-state index < -0.39 is 0 Å². The molecule has 0 bridgehead atoms. The Morgan fingerprint density at radius 1 is 1.23 bits per heavy atom. The molecule has 3 heterocycles. The normalized spacial score (nSPS) is 16.0. The lowest BCUT2D eigenvalue weighted by Gasteiger charge is -2.28. The SMILES string of the molecule is O=C(NC[C@H](c1cccc(Cl)c1)N1CCCC1)c1ccc2nncn2c1. The lowest BCUT2D eigenvalue weighted by Crippen LogP contribution is -2.36. The van der Waals surface area contributed by atoms with Crippen LogP contribution in [0.15, 0.2) is 48.9 Å². The minimum Gasteiger partial charge on any atom is -0.350 e. The fourth-order valence-corrected chi connectivity index (χ4v) is 3.68. The molecule has 1 aliphatic heterocycles. The molecule has 134 valence electrons. The molecule has 4 rings (SSSR count). The number of hydrogen-bond acceptors (Lipinski definition) is 4. The maximum Gasteiger partial charge on any atom is 0.252 e. The van der Waals surface area contributed by atoms with E-state index in [0.29, 0.717) is 12.1 Å². The predicted octanol–water partition coefficient (Wildman–Crippen LogP) is 2.95. The van der Waals surface area contributed by atoms with E-state index in [1.165, 1.54) is 12.8 Å². The fraction of sp³-hybridized carbons (Fsp3) is 0.316. The van der Waals surface area contributed by atoms with Crippen LogP contribution in [-0.2, 0) is 0 Å². The van der Waals surface area contributed by atoms with Crippen LogP contribution in [0.4, 0.5) is 0 Å². The summed E-state index contributed by atoms with van der Waals surface area (Å²) in [5.74, 6) is -0.105. The molecule has 0 radical (unpaired) electrons. The molecule has 2 aromatic heterocycles. The molecule has 1 aromatic carbocycles. The predicted molar refractivity (Wildman–Crippen MR) is 100 cm³/mol. The van der Waals surface area contributed by atoms with Crippen LogP contribution in [0, 0.1) is 0 Å². The van der Waals surface area contributed by atoms with Crippen molar-refractivity contribution in [1.82, 2.24) is 24.8 Å². The van der Waals surface area contributed by atoms with Crippen LogP contribution >= 0.6 is 11.6 Å². The Morgan fingerprint density at radius 2 is 2.08 bits per heavy atom. The highest BCUT2D eigenvalue weighted by molar-refractivity contribution is 6.30. The quantitative estimate of drug-likeness (QED) is 0.751. The van der Waals surface area contributed by atoms with E-state index in [-0.39, 0.29) is 11.9 Å². The monoisotopic (exact) mass is 369 g/mol. The molecule has 1 atom stereocenters. The van der Waals surface area contributed by atoms with E-state index in [4.69, 9.17) is 11.6 Å². The fourth-order valence-electron chi connectivity index (χ4n) is 3.48. The Hall–Kier alpha value is -2.44. The van der Waals surface area contributed by atoms with E-state index in [1.54, 1.807) is 29.1 Å². The Balaban J connectivity index is 1.51. The second-order valence-electron chi connectivity index (χ2n) is 6.54. The van der Waals surface area contributed by atoms with Crippen molar-refractivity contribution in [1.29, 1.82) is 0 Å². The first kappa shape index (κ1) is 17.0. The van der Waals surface area contributed by atoms with Gasteiger partial charge in [0, 0.05) is 17.8 Å². The molecule has 0 aliphatic carbocycles. The molecule has 1 fully saturated rings. The number of likely N-dealkylation sites (tertiary alicyclic amines) is 1. The maximum absolute atomic E-state index is 12.6. The van der Waals surface area contributed by atoms with Gasteiger partial charge in [0.25, 0.3) is 5.91 Å². The summed E-state index contributed by atoms with van der Waals surface area (Å²) in [4.78, 5) is 15.0. The summed E-state index contributed by atoms with van der Waals surface area (Å²) in [6.07, 6.45) is 5.71. The first-order valence-corrected chi connectivity index (χ1v) is 9.15. The van der Waals surface area contributed by atoms with Gasteiger partial charge < -0.3 is 5.32 Å². The molecule has 3 aromatic rings. The van der Waals surface area contributed by atoms with E-state index in [9.17, 15) is 4.79 Å². The number of pyridine rings is 1. The van der Waals surface area contributed by atoms with Gasteiger partial charge in [0.05, 0.1) is 11.6 Å². The molecule has 1 amide bonds. The van der Waals surface area contributed by atoms with Gasteiger partial charge in [0.2, 0.25) is 0 Å². The average molecular weight is 370 g/mol. The second kappa shape index (κ2) is 7.43. The summed E-state index contributed by atoms with van der Waals surface area (Å²) in [5.41, 5.74) is 2.44. The van der Waals surface area contributed by atoms with Gasteiger partial charge in [0.15, 0.2) is 5.65 Å². The van der Waals surface area contributed by atoms with Crippen LogP contribution in [0.5, 0.6) is 0 Å². The Kier molecular flexibility index (Phi) is 4.86. The van der Waals surface area contributed by atoms with Crippen molar-refractivity contribution in [2.24, 2.45) is 0 Å². The van der Waals surface area contributed by atoms with E-state index in [1.807, 2.05) is 18.2 Å². The van der Waals surface area contributed by atoms with E-state index in [0.717, 1.165) is 29.3 Å². The topological polar surface area (TPSA) is 62.5 Å². The molecular formula is C19H20ClN5O. The van der Waals surface area contributed by atoms with Crippen molar-refractivity contribution in [3.8, 4) is 0 Å². The molecule has 7 heteroatoms. The second-order valence-corrected chi connectivity index (χ2v) is 6.97. The van der Waals surface area contributed by atoms with Crippen LogP contribution in [0.2, 0.25) is 5.02 Å². The first-order chi connectivity index (χ1) is 12.7. The molecule has 0 spiro atoms. The van der Waals surface area contributed by atoms with Crippen LogP contribution in [0.1, 0.15) is 34.8 Å². The third kappa shape index (κ3) is 3.57. The number of carbonyl (C=O) groups is 1. The van der Waals surface area contributed by atoms with Gasteiger partial charge in [-0.2, -0.15) is 0 Å². The smallest absolute Gasteiger partial charge is 0.252 e. The third-order valence-corrected chi connectivity index (χ3v) is 5.06. The van der Waals surface area contributed by atoms with Gasteiger partial charge in [-0.05, 0) is 55.8 Å². The highest BCUT2D eigenvalue weighted by atomic mass is 35.5. The van der Waals surface area contributed by atoms with Gasteiger partial charge >= 0.3 is 0 Å². The largest absolute Gasteiger partial charge is 0.350 e. The number of hydrogen-bond donors (Lipinski definition) is 1. The summed E-state index contributed by atoms with van der Waals surface area (Å²) in [7, 11) is 0. The average Bonchev–Trinajstić information content (AvgIpc) is 3.33. The summed E-state index contributed by atoms with van der Waals surface area (Å²) in [5, 5.41) is 11.6. The number of aromatic nitrogens is 3. The van der Waals surface area contributed by atoms with Crippen molar-refractivity contribution in [3.63, 3.8) is 0 Å². The van der Waals surface area contributed by atoms with Gasteiger partial charge in [0.1, 0.15) is 6.33 Å². The van der Waals surface area contributed by atoms with Crippen molar-refractivity contribution >= 4 is 23.2 Å². The molecule has 0 saturated carbocycles. The minimum atomic E-state index is -0.105. The van der Waals surface area contributed by atoms with Crippen LogP contribution in [0.3, 0.4) is 0 Å². The zero-order valence-electron chi connectivity index (χ0n) is 14.3. The number of halogens is 1. The Labute approximate surface area is 156 Å². The summed E-state index contributed by atoms with van der Waals surface area (Å²) >= 11 is 6.18. The van der Waals surface area contributed by atoms with Crippen LogP contribution in [-0.4, -0.2) is 45.0 Å². The standard InChI is InChI=1S/C19H20ClN5O/c20-16-5-3-4-14(10-16)17(24-8-1-2-9-24)11-21-19(26)15-6-7-18-23-22-13-25(18)12-15/h3-7,10,12-13,17H,1-2,8-9,11H2,(H,21,26)/t17-/m1/s1. The molecule has 1 saturated heterocycles. The number of benzene rings is 1. The number of fused-ring (bicyclic) bond motifs is 1. The van der Waals surface area contributed by atoms with Crippen molar-refractivity contribution in [2.75, 3.05) is 19.6 Å². The zero-order valence-corrected chi connectivity index (χ0v) is 15.1. The van der Waals surface area contributed by atoms with Crippen molar-refractivity contribution in [2.45, 2.75) is 18.9 Å². The van der Waals surface area contributed by atoms with E-state index >= 15 is 0 Å². The molecule has 6 nitrogen and oxygen atoms in total. The first-order valence-electron chi connectivity index (χ1n) is 8.78. The molecule has 26 heavy (non-hydrogen) atoms. The summed E-state index contributed by atoms with van der Waals surface area (Å²) < 4.78 is 1.74. The lowest BCUT2D eigenvalue weighted by atomic mass is 10.1. The van der Waals surface area contributed by atoms with Gasteiger partial charge in [-0.1, -0.05) is 23.7 Å². The van der Waals surface area contributed by atoms with Crippen LogP contribution in [0.25, 0.3) is 5.65 Å². The summed E-state index contributed by atoms with van der Waals surface area (Å²) in [6.45, 7) is 2.62. The number of carbonyl (C=O) groups excluding carboxylic acids is 1. The third-order valence-electron chi connectivity index (χ3n) is 4.82. The number of nitrogens with one attached hydrogen (secondary N) is 1. The number of rotatable bonds is 5. The zero-order chi connectivity index (χ0) is 17.9. The highest BCUT2D eigenvalue weighted by Gasteiger charge is 2.24. The molecule has 1 aliphatic rings. The van der Waals surface area contributed by atoms with Gasteiger partial charge in [-0.25, -0.2) is 0 Å². The molecule has 0 unspecified atom stereocenters. The number of amides is 1. The Morgan fingerprint density at radius 3 is 2.88 bits per heavy atom. The molecule has 1 N–H and O–H groups in total. The minimum absolute atomic E-state index is 0.105.